The molecular weight excluding hydrogens is 294 g/mol. The normalized spacial score (nSPS) is 13.1. The van der Waals surface area contributed by atoms with Crippen LogP contribution in [-0.4, -0.2) is 26.2 Å². The minimum atomic E-state index is -0.0901. The number of hydrogen-bond acceptors (Lipinski definition) is 4. The summed E-state index contributed by atoms with van der Waals surface area (Å²) >= 11 is 0. The third-order valence-electron chi connectivity index (χ3n) is 3.53. The lowest BCUT2D eigenvalue weighted by molar-refractivity contribution is -0.115. The summed E-state index contributed by atoms with van der Waals surface area (Å²) in [5.41, 5.74) is 1.60. The molecule has 3 rings (SSSR count). The van der Waals surface area contributed by atoms with Gasteiger partial charge in [0.1, 0.15) is 5.75 Å². The first-order chi connectivity index (χ1) is 11.2. The van der Waals surface area contributed by atoms with Crippen LogP contribution in [0.5, 0.6) is 17.2 Å². The number of methoxy groups -OCH3 is 1. The summed E-state index contributed by atoms with van der Waals surface area (Å²) in [5.74, 6) is 2.04. The zero-order valence-corrected chi connectivity index (χ0v) is 13.0. The highest BCUT2D eigenvalue weighted by molar-refractivity contribution is 5.92. The van der Waals surface area contributed by atoms with Crippen molar-refractivity contribution in [2.24, 2.45) is 0 Å². The monoisotopic (exact) mass is 313 g/mol. The van der Waals surface area contributed by atoms with Crippen molar-refractivity contribution in [3.8, 4) is 17.2 Å². The van der Waals surface area contributed by atoms with Crippen molar-refractivity contribution < 1.29 is 19.0 Å². The first kappa shape index (κ1) is 15.2. The Morgan fingerprint density at radius 1 is 1.13 bits per heavy atom. The predicted molar refractivity (Wildman–Crippen MR) is 87.4 cm³/mol. The highest BCUT2D eigenvalue weighted by Crippen LogP contribution is 2.32. The molecule has 0 fully saturated rings. The molecule has 23 heavy (non-hydrogen) atoms. The summed E-state index contributed by atoms with van der Waals surface area (Å²) in [4.78, 5) is 12.2. The number of carbonyl (C=O) groups excluding carboxylic acids is 1. The molecule has 0 spiro atoms. The van der Waals surface area contributed by atoms with Crippen LogP contribution in [0.25, 0.3) is 0 Å². The number of fused-ring (bicyclic) bond motifs is 1. The van der Waals surface area contributed by atoms with Crippen LogP contribution in [0.3, 0.4) is 0 Å². The molecule has 1 amide bonds. The molecule has 5 heteroatoms. The highest BCUT2D eigenvalue weighted by Gasteiger charge is 2.12. The number of anilines is 1. The maximum absolute atomic E-state index is 12.2. The fraction of sp³-hybridized carbons (Fsp3) is 0.278. The Balaban J connectivity index is 1.66. The number of hydrogen-bond donors (Lipinski definition) is 1. The van der Waals surface area contributed by atoms with Crippen molar-refractivity contribution in [3.63, 3.8) is 0 Å². The molecule has 1 aliphatic rings. The smallest absolute Gasteiger partial charge is 0.228 e. The summed E-state index contributed by atoms with van der Waals surface area (Å²) in [5, 5.41) is 2.88. The van der Waals surface area contributed by atoms with E-state index in [0.29, 0.717) is 30.4 Å². The number of ether oxygens (including phenoxy) is 3. The Bertz CT molecular complexity index is 699. The van der Waals surface area contributed by atoms with E-state index in [0.717, 1.165) is 17.7 Å². The summed E-state index contributed by atoms with van der Waals surface area (Å²) in [6, 6.07) is 12.9. The van der Waals surface area contributed by atoms with Crippen LogP contribution in [-0.2, 0) is 11.2 Å². The zero-order valence-electron chi connectivity index (χ0n) is 13.0. The molecule has 0 aliphatic carbocycles. The van der Waals surface area contributed by atoms with E-state index in [1.165, 1.54) is 0 Å². The van der Waals surface area contributed by atoms with E-state index < -0.39 is 0 Å². The molecule has 2 aromatic carbocycles. The molecule has 5 nitrogen and oxygen atoms in total. The Morgan fingerprint density at radius 2 is 1.96 bits per heavy atom. The summed E-state index contributed by atoms with van der Waals surface area (Å²) < 4.78 is 16.4. The average Bonchev–Trinajstić information content (AvgIpc) is 2.79. The summed E-state index contributed by atoms with van der Waals surface area (Å²) in [6.07, 6.45) is 1.14. The lowest BCUT2D eigenvalue weighted by Crippen LogP contribution is -2.14. The molecule has 0 bridgehead atoms. The molecular formula is C18H19NO4. The van der Waals surface area contributed by atoms with E-state index in [9.17, 15) is 4.79 Å². The zero-order chi connectivity index (χ0) is 16.1. The first-order valence-electron chi connectivity index (χ1n) is 7.57. The van der Waals surface area contributed by atoms with Gasteiger partial charge in [0.05, 0.1) is 26.7 Å². The topological polar surface area (TPSA) is 56.8 Å². The van der Waals surface area contributed by atoms with Gasteiger partial charge in [-0.15, -0.1) is 0 Å². The number of rotatable bonds is 4. The summed E-state index contributed by atoms with van der Waals surface area (Å²) in [6.45, 7) is 1.27. The van der Waals surface area contributed by atoms with Gasteiger partial charge in [-0.3, -0.25) is 4.79 Å². The SMILES string of the molecule is COc1cccc(CC(=O)Nc2ccc3c(c2)OCCCO3)c1. The molecule has 2 aromatic rings. The van der Waals surface area contributed by atoms with Crippen molar-refractivity contribution in [2.45, 2.75) is 12.8 Å². The van der Waals surface area contributed by atoms with Crippen LogP contribution >= 0.6 is 0 Å². The fourth-order valence-corrected chi connectivity index (χ4v) is 2.41. The molecule has 0 unspecified atom stereocenters. The Hall–Kier alpha value is -2.69. The van der Waals surface area contributed by atoms with Crippen molar-refractivity contribution in [3.05, 3.63) is 48.0 Å². The molecule has 0 saturated carbocycles. The van der Waals surface area contributed by atoms with Gasteiger partial charge in [-0.05, 0) is 29.8 Å². The van der Waals surface area contributed by atoms with Crippen molar-refractivity contribution in [1.29, 1.82) is 0 Å². The number of benzene rings is 2. The quantitative estimate of drug-likeness (QED) is 0.942. The molecule has 0 aromatic heterocycles. The van der Waals surface area contributed by atoms with Gasteiger partial charge in [0.25, 0.3) is 0 Å². The van der Waals surface area contributed by atoms with Crippen LogP contribution in [0.4, 0.5) is 5.69 Å². The average molecular weight is 313 g/mol. The van der Waals surface area contributed by atoms with E-state index in [2.05, 4.69) is 5.32 Å². The minimum absolute atomic E-state index is 0.0901. The fourth-order valence-electron chi connectivity index (χ4n) is 2.41. The van der Waals surface area contributed by atoms with Crippen molar-refractivity contribution >= 4 is 11.6 Å². The largest absolute Gasteiger partial charge is 0.497 e. The number of nitrogens with one attached hydrogen (secondary N) is 1. The van der Waals surface area contributed by atoms with Gasteiger partial charge in [0.15, 0.2) is 11.5 Å². The van der Waals surface area contributed by atoms with Gasteiger partial charge in [-0.1, -0.05) is 12.1 Å². The van der Waals surface area contributed by atoms with Gasteiger partial charge < -0.3 is 19.5 Å². The molecule has 120 valence electrons. The number of carbonyl (C=O) groups is 1. The van der Waals surface area contributed by atoms with Gasteiger partial charge in [0.2, 0.25) is 5.91 Å². The lowest BCUT2D eigenvalue weighted by Gasteiger charge is -2.10. The molecule has 0 atom stereocenters. The van der Waals surface area contributed by atoms with E-state index >= 15 is 0 Å². The van der Waals surface area contributed by atoms with E-state index in [1.807, 2.05) is 36.4 Å². The second kappa shape index (κ2) is 7.05. The third kappa shape index (κ3) is 3.94. The lowest BCUT2D eigenvalue weighted by atomic mass is 10.1. The maximum Gasteiger partial charge on any atom is 0.228 e. The van der Waals surface area contributed by atoms with Crippen LogP contribution in [0.15, 0.2) is 42.5 Å². The van der Waals surface area contributed by atoms with Gasteiger partial charge in [-0.2, -0.15) is 0 Å². The van der Waals surface area contributed by atoms with Crippen molar-refractivity contribution in [2.75, 3.05) is 25.6 Å². The van der Waals surface area contributed by atoms with Crippen molar-refractivity contribution in [1.82, 2.24) is 0 Å². The van der Waals surface area contributed by atoms with Gasteiger partial charge >= 0.3 is 0 Å². The molecule has 0 saturated heterocycles. The molecule has 1 aliphatic heterocycles. The third-order valence-corrected chi connectivity index (χ3v) is 3.53. The number of amides is 1. The molecule has 0 radical (unpaired) electrons. The Kier molecular flexibility index (Phi) is 4.66. The second-order valence-electron chi connectivity index (χ2n) is 5.29. The van der Waals surface area contributed by atoms with E-state index in [4.69, 9.17) is 14.2 Å². The Morgan fingerprint density at radius 3 is 2.78 bits per heavy atom. The van der Waals surface area contributed by atoms with E-state index in [-0.39, 0.29) is 12.3 Å². The molecule has 1 heterocycles. The van der Waals surface area contributed by atoms with Gasteiger partial charge in [-0.25, -0.2) is 0 Å². The van der Waals surface area contributed by atoms with Crippen LogP contribution in [0.1, 0.15) is 12.0 Å². The highest BCUT2D eigenvalue weighted by atomic mass is 16.5. The Labute approximate surface area is 135 Å². The van der Waals surface area contributed by atoms with E-state index in [1.54, 1.807) is 13.2 Å². The predicted octanol–water partition coefficient (Wildman–Crippen LogP) is 3.04. The molecule has 1 N–H and O–H groups in total. The van der Waals surface area contributed by atoms with Gasteiger partial charge in [0, 0.05) is 18.2 Å². The maximum atomic E-state index is 12.2. The summed E-state index contributed by atoms with van der Waals surface area (Å²) in [7, 11) is 1.61. The van der Waals surface area contributed by atoms with Crippen LogP contribution in [0.2, 0.25) is 0 Å². The standard InChI is InChI=1S/C18H19NO4/c1-21-15-5-2-4-13(10-15)11-18(20)19-14-6-7-16-17(12-14)23-9-3-8-22-16/h2,4-7,10,12H,3,8-9,11H2,1H3,(H,19,20). The van der Waals surface area contributed by atoms with Crippen LogP contribution in [0, 0.1) is 0 Å². The van der Waals surface area contributed by atoms with Crippen LogP contribution < -0.4 is 19.5 Å². The first-order valence-corrected chi connectivity index (χ1v) is 7.57. The minimum Gasteiger partial charge on any atom is -0.497 e. The second-order valence-corrected chi connectivity index (χ2v) is 5.29.